The van der Waals surface area contributed by atoms with E-state index in [1.54, 1.807) is 7.11 Å². The SMILES string of the molecule is CC[C@H]1CN(C(=O)N2CCC(C(=O)Nc3ccccc3OC)CC2)c2ccccc2O1. The number of methoxy groups -OCH3 is 1. The first-order chi connectivity index (χ1) is 15.1. The Balaban J connectivity index is 1.38. The fourth-order valence-electron chi connectivity index (χ4n) is 4.18. The molecule has 0 saturated carbocycles. The number of carbonyl (C=O) groups excluding carboxylic acids is 2. The van der Waals surface area contributed by atoms with E-state index in [0.29, 0.717) is 43.9 Å². The van der Waals surface area contributed by atoms with Crippen molar-refractivity contribution in [1.29, 1.82) is 0 Å². The molecule has 3 amide bonds. The lowest BCUT2D eigenvalue weighted by Gasteiger charge is -2.39. The quantitative estimate of drug-likeness (QED) is 0.802. The fraction of sp³-hybridized carbons (Fsp3) is 0.417. The number of likely N-dealkylation sites (tertiary alicyclic amines) is 1. The van der Waals surface area contributed by atoms with Crippen LogP contribution < -0.4 is 19.7 Å². The molecule has 2 aliphatic rings. The summed E-state index contributed by atoms with van der Waals surface area (Å²) in [5.74, 6) is 1.23. The van der Waals surface area contributed by atoms with Gasteiger partial charge in [0.1, 0.15) is 17.6 Å². The van der Waals surface area contributed by atoms with Crippen molar-refractivity contribution in [3.63, 3.8) is 0 Å². The number of benzene rings is 2. The van der Waals surface area contributed by atoms with Crippen LogP contribution >= 0.6 is 0 Å². The molecule has 1 atom stereocenters. The molecule has 2 aromatic carbocycles. The van der Waals surface area contributed by atoms with Gasteiger partial charge in [0, 0.05) is 19.0 Å². The van der Waals surface area contributed by atoms with E-state index in [1.807, 2.05) is 58.3 Å². The van der Waals surface area contributed by atoms with Gasteiger partial charge in [-0.25, -0.2) is 4.79 Å². The molecule has 2 aromatic rings. The first-order valence-corrected chi connectivity index (χ1v) is 10.9. The van der Waals surface area contributed by atoms with Crippen LogP contribution in [0.5, 0.6) is 11.5 Å². The van der Waals surface area contributed by atoms with Crippen LogP contribution in [0.1, 0.15) is 26.2 Å². The number of hydrogen-bond acceptors (Lipinski definition) is 4. The standard InChI is InChI=1S/C24H29N3O4/c1-3-18-16-27(20-9-5-7-11-22(20)31-18)24(29)26-14-12-17(13-15-26)23(28)25-19-8-4-6-10-21(19)30-2/h4-11,17-18H,3,12-16H2,1-2H3,(H,25,28)/t18-/m0/s1. The van der Waals surface area contributed by atoms with Crippen molar-refractivity contribution in [2.45, 2.75) is 32.3 Å². The van der Waals surface area contributed by atoms with Gasteiger partial charge in [0.2, 0.25) is 5.91 Å². The van der Waals surface area contributed by atoms with Crippen LogP contribution in [0.25, 0.3) is 0 Å². The zero-order valence-corrected chi connectivity index (χ0v) is 18.0. The van der Waals surface area contributed by atoms with Crippen molar-refractivity contribution in [1.82, 2.24) is 4.90 Å². The van der Waals surface area contributed by atoms with Gasteiger partial charge in [-0.15, -0.1) is 0 Å². The van der Waals surface area contributed by atoms with Gasteiger partial charge in [-0.1, -0.05) is 31.2 Å². The molecule has 0 aliphatic carbocycles. The van der Waals surface area contributed by atoms with Gasteiger partial charge < -0.3 is 19.7 Å². The normalized spacial score (nSPS) is 18.7. The fourth-order valence-corrected chi connectivity index (χ4v) is 4.18. The average Bonchev–Trinajstić information content (AvgIpc) is 2.83. The Bertz CT molecular complexity index is 940. The number of ether oxygens (including phenoxy) is 2. The Labute approximate surface area is 182 Å². The molecule has 2 heterocycles. The van der Waals surface area contributed by atoms with E-state index in [0.717, 1.165) is 17.9 Å². The lowest BCUT2D eigenvalue weighted by molar-refractivity contribution is -0.121. The molecule has 1 saturated heterocycles. The largest absolute Gasteiger partial charge is 0.495 e. The summed E-state index contributed by atoms with van der Waals surface area (Å²) < 4.78 is 11.3. The Morgan fingerprint density at radius 3 is 2.55 bits per heavy atom. The molecule has 0 bridgehead atoms. The van der Waals surface area contributed by atoms with E-state index in [1.165, 1.54) is 0 Å². The topological polar surface area (TPSA) is 71.1 Å². The zero-order chi connectivity index (χ0) is 21.8. The van der Waals surface area contributed by atoms with Crippen LogP contribution in [0.15, 0.2) is 48.5 Å². The lowest BCUT2D eigenvalue weighted by Crippen LogP contribution is -2.52. The summed E-state index contributed by atoms with van der Waals surface area (Å²) in [7, 11) is 1.59. The van der Waals surface area contributed by atoms with Gasteiger partial charge >= 0.3 is 6.03 Å². The Morgan fingerprint density at radius 1 is 1.10 bits per heavy atom. The molecule has 2 aliphatic heterocycles. The summed E-state index contributed by atoms with van der Waals surface area (Å²) in [5.41, 5.74) is 1.48. The van der Waals surface area contributed by atoms with Crippen LogP contribution in [-0.2, 0) is 4.79 Å². The number of amides is 3. The van der Waals surface area contributed by atoms with E-state index in [-0.39, 0.29) is 24.0 Å². The highest BCUT2D eigenvalue weighted by Gasteiger charge is 2.34. The van der Waals surface area contributed by atoms with Gasteiger partial charge in [-0.3, -0.25) is 9.69 Å². The van der Waals surface area contributed by atoms with Gasteiger partial charge in [0.15, 0.2) is 0 Å². The predicted molar refractivity (Wildman–Crippen MR) is 120 cm³/mol. The average molecular weight is 424 g/mol. The van der Waals surface area contributed by atoms with Crippen molar-refractivity contribution < 1.29 is 19.1 Å². The second-order valence-electron chi connectivity index (χ2n) is 7.96. The molecule has 164 valence electrons. The maximum atomic E-state index is 13.3. The van der Waals surface area contributed by atoms with Crippen molar-refractivity contribution in [3.8, 4) is 11.5 Å². The number of piperidine rings is 1. The molecular formula is C24H29N3O4. The van der Waals surface area contributed by atoms with Gasteiger partial charge in [0.05, 0.1) is 25.0 Å². The second kappa shape index (κ2) is 9.29. The van der Waals surface area contributed by atoms with E-state index in [2.05, 4.69) is 12.2 Å². The van der Waals surface area contributed by atoms with E-state index in [9.17, 15) is 9.59 Å². The summed E-state index contributed by atoms with van der Waals surface area (Å²) in [4.78, 5) is 29.7. The molecule has 1 fully saturated rings. The number of hydrogen-bond donors (Lipinski definition) is 1. The number of urea groups is 1. The van der Waals surface area contributed by atoms with Crippen LogP contribution in [-0.4, -0.2) is 49.7 Å². The molecule has 0 unspecified atom stereocenters. The third-order valence-electron chi connectivity index (χ3n) is 6.02. The van der Waals surface area contributed by atoms with Gasteiger partial charge in [-0.2, -0.15) is 0 Å². The zero-order valence-electron chi connectivity index (χ0n) is 18.0. The van der Waals surface area contributed by atoms with Gasteiger partial charge in [-0.05, 0) is 43.5 Å². The maximum Gasteiger partial charge on any atom is 0.324 e. The number of fused-ring (bicyclic) bond motifs is 1. The van der Waals surface area contributed by atoms with Crippen molar-refractivity contribution in [2.75, 3.05) is 37.0 Å². The minimum atomic E-state index is -0.130. The molecule has 0 spiro atoms. The highest BCUT2D eigenvalue weighted by Crippen LogP contribution is 2.35. The Kier molecular flexibility index (Phi) is 6.30. The number of nitrogens with zero attached hydrogens (tertiary/aromatic N) is 2. The number of nitrogens with one attached hydrogen (secondary N) is 1. The number of anilines is 2. The van der Waals surface area contributed by atoms with Crippen LogP contribution in [0.3, 0.4) is 0 Å². The minimum Gasteiger partial charge on any atom is -0.495 e. The third kappa shape index (κ3) is 4.45. The van der Waals surface area contributed by atoms with Crippen molar-refractivity contribution >= 4 is 23.3 Å². The van der Waals surface area contributed by atoms with Crippen molar-refractivity contribution in [3.05, 3.63) is 48.5 Å². The summed E-state index contributed by atoms with van der Waals surface area (Å²) >= 11 is 0. The molecular weight excluding hydrogens is 394 g/mol. The van der Waals surface area contributed by atoms with Crippen LogP contribution in [0.4, 0.5) is 16.2 Å². The monoisotopic (exact) mass is 423 g/mol. The molecule has 1 N–H and O–H groups in total. The molecule has 4 rings (SSSR count). The lowest BCUT2D eigenvalue weighted by atomic mass is 9.96. The van der Waals surface area contributed by atoms with Gasteiger partial charge in [0.25, 0.3) is 0 Å². The molecule has 7 heteroatoms. The van der Waals surface area contributed by atoms with E-state index in [4.69, 9.17) is 9.47 Å². The number of carbonyl (C=O) groups is 2. The molecule has 0 radical (unpaired) electrons. The number of para-hydroxylation sites is 4. The highest BCUT2D eigenvalue weighted by molar-refractivity contribution is 5.96. The molecule has 31 heavy (non-hydrogen) atoms. The first kappa shape index (κ1) is 21.0. The molecule has 0 aromatic heterocycles. The van der Waals surface area contributed by atoms with E-state index < -0.39 is 0 Å². The summed E-state index contributed by atoms with van der Waals surface area (Å²) in [6.45, 7) is 3.71. The summed E-state index contributed by atoms with van der Waals surface area (Å²) in [6, 6.07) is 15.0. The number of rotatable bonds is 4. The maximum absolute atomic E-state index is 13.3. The highest BCUT2D eigenvalue weighted by atomic mass is 16.5. The van der Waals surface area contributed by atoms with Crippen LogP contribution in [0.2, 0.25) is 0 Å². The summed E-state index contributed by atoms with van der Waals surface area (Å²) in [6.07, 6.45) is 2.10. The predicted octanol–water partition coefficient (Wildman–Crippen LogP) is 4.14. The first-order valence-electron chi connectivity index (χ1n) is 10.9. The summed E-state index contributed by atoms with van der Waals surface area (Å²) in [5, 5.41) is 2.97. The third-order valence-corrected chi connectivity index (χ3v) is 6.02. The van der Waals surface area contributed by atoms with Crippen molar-refractivity contribution in [2.24, 2.45) is 5.92 Å². The minimum absolute atomic E-state index is 0.0111. The van der Waals surface area contributed by atoms with E-state index >= 15 is 0 Å². The molecule has 7 nitrogen and oxygen atoms in total. The Hall–Kier alpha value is -3.22. The smallest absolute Gasteiger partial charge is 0.324 e. The Morgan fingerprint density at radius 2 is 1.81 bits per heavy atom. The van der Waals surface area contributed by atoms with Crippen LogP contribution in [0, 0.1) is 5.92 Å². The second-order valence-corrected chi connectivity index (χ2v) is 7.96.